The number of hydrogen-bond donors (Lipinski definition) is 1. The maximum absolute atomic E-state index is 11.1. The van der Waals surface area contributed by atoms with Gasteiger partial charge in [-0.25, -0.2) is 9.19 Å². The highest BCUT2D eigenvalue weighted by Gasteiger charge is 2.08. The zero-order chi connectivity index (χ0) is 11.4. The fourth-order valence-corrected chi connectivity index (χ4v) is 2.05. The van der Waals surface area contributed by atoms with Gasteiger partial charge in [0.05, 0.1) is 0 Å². The second-order valence-corrected chi connectivity index (χ2v) is 4.26. The van der Waals surface area contributed by atoms with Crippen LogP contribution in [-0.4, -0.2) is 13.7 Å². The molecule has 0 radical (unpaired) electrons. The molecule has 0 bridgehead atoms. The van der Waals surface area contributed by atoms with Crippen molar-refractivity contribution in [2.24, 2.45) is 0 Å². The Morgan fingerprint density at radius 1 is 1.12 bits per heavy atom. The summed E-state index contributed by atoms with van der Waals surface area (Å²) in [7, 11) is 0. The summed E-state index contributed by atoms with van der Waals surface area (Å²) in [6, 6.07) is 13.4. The van der Waals surface area contributed by atoms with Gasteiger partial charge in [-0.3, -0.25) is 0 Å². The Morgan fingerprint density at radius 3 is 2.56 bits per heavy atom. The summed E-state index contributed by atoms with van der Waals surface area (Å²) in [6.07, 6.45) is 2.15. The SMILES string of the molecule is O=S(O)c1ncccc1Cc1ccccc1. The highest BCUT2D eigenvalue weighted by atomic mass is 32.2. The van der Waals surface area contributed by atoms with Crippen molar-refractivity contribution in [3.05, 3.63) is 59.8 Å². The lowest BCUT2D eigenvalue weighted by Crippen LogP contribution is -2.00. The summed E-state index contributed by atoms with van der Waals surface area (Å²) in [5.74, 6) is 0. The summed E-state index contributed by atoms with van der Waals surface area (Å²) in [4.78, 5) is 3.92. The van der Waals surface area contributed by atoms with Crippen molar-refractivity contribution in [2.75, 3.05) is 0 Å². The molecule has 1 aromatic carbocycles. The number of aromatic nitrogens is 1. The Balaban J connectivity index is 2.31. The molecule has 0 aliphatic heterocycles. The van der Waals surface area contributed by atoms with Crippen molar-refractivity contribution in [3.8, 4) is 0 Å². The quantitative estimate of drug-likeness (QED) is 0.827. The second-order valence-electron chi connectivity index (χ2n) is 3.38. The van der Waals surface area contributed by atoms with Crippen molar-refractivity contribution in [3.63, 3.8) is 0 Å². The summed E-state index contributed by atoms with van der Waals surface area (Å²) in [5.41, 5.74) is 1.89. The zero-order valence-corrected chi connectivity index (χ0v) is 9.35. The van der Waals surface area contributed by atoms with Crippen LogP contribution in [0.15, 0.2) is 53.7 Å². The van der Waals surface area contributed by atoms with Crippen LogP contribution in [-0.2, 0) is 17.5 Å². The van der Waals surface area contributed by atoms with E-state index in [-0.39, 0.29) is 5.03 Å². The second kappa shape index (κ2) is 5.01. The van der Waals surface area contributed by atoms with E-state index in [4.69, 9.17) is 4.55 Å². The van der Waals surface area contributed by atoms with Crippen LogP contribution in [0.5, 0.6) is 0 Å². The maximum atomic E-state index is 11.1. The Labute approximate surface area is 96.5 Å². The summed E-state index contributed by atoms with van der Waals surface area (Å²) in [5, 5.41) is 0.242. The Kier molecular flexibility index (Phi) is 3.44. The number of rotatable bonds is 3. The molecule has 0 aliphatic rings. The van der Waals surface area contributed by atoms with Crippen LogP contribution in [0.3, 0.4) is 0 Å². The average molecular weight is 233 g/mol. The van der Waals surface area contributed by atoms with Crippen molar-refractivity contribution in [1.29, 1.82) is 0 Å². The van der Waals surface area contributed by atoms with Crippen LogP contribution < -0.4 is 0 Å². The first-order valence-electron chi connectivity index (χ1n) is 4.86. The minimum atomic E-state index is -2.03. The van der Waals surface area contributed by atoms with E-state index in [0.717, 1.165) is 11.1 Å². The smallest absolute Gasteiger partial charge is 0.205 e. The van der Waals surface area contributed by atoms with Crippen LogP contribution in [0.2, 0.25) is 0 Å². The molecule has 2 aromatic rings. The minimum Gasteiger partial charge on any atom is -0.301 e. The molecule has 4 heteroatoms. The van der Waals surface area contributed by atoms with E-state index in [1.807, 2.05) is 36.4 Å². The molecule has 1 aromatic heterocycles. The number of hydrogen-bond acceptors (Lipinski definition) is 2. The molecule has 1 N–H and O–H groups in total. The highest BCUT2D eigenvalue weighted by Crippen LogP contribution is 2.14. The molecular weight excluding hydrogens is 222 g/mol. The minimum absolute atomic E-state index is 0.242. The molecule has 1 unspecified atom stereocenters. The number of pyridine rings is 1. The molecule has 1 atom stereocenters. The summed E-state index contributed by atoms with van der Waals surface area (Å²) >= 11 is -2.03. The molecule has 0 saturated carbocycles. The monoisotopic (exact) mass is 233 g/mol. The van der Waals surface area contributed by atoms with E-state index in [0.29, 0.717) is 6.42 Å². The molecule has 2 rings (SSSR count). The van der Waals surface area contributed by atoms with E-state index < -0.39 is 11.1 Å². The van der Waals surface area contributed by atoms with Crippen LogP contribution in [0, 0.1) is 0 Å². The van der Waals surface area contributed by atoms with E-state index in [1.54, 1.807) is 6.07 Å². The third-order valence-corrected chi connectivity index (χ3v) is 2.95. The van der Waals surface area contributed by atoms with Crippen molar-refractivity contribution in [2.45, 2.75) is 11.4 Å². The van der Waals surface area contributed by atoms with E-state index >= 15 is 0 Å². The topological polar surface area (TPSA) is 50.2 Å². The van der Waals surface area contributed by atoms with Gasteiger partial charge in [-0.05, 0) is 17.2 Å². The third-order valence-electron chi connectivity index (χ3n) is 2.25. The van der Waals surface area contributed by atoms with Crippen LogP contribution in [0.4, 0.5) is 0 Å². The molecule has 0 saturated heterocycles. The van der Waals surface area contributed by atoms with Crippen molar-refractivity contribution in [1.82, 2.24) is 4.98 Å². The van der Waals surface area contributed by atoms with Crippen molar-refractivity contribution >= 4 is 11.1 Å². The predicted octanol–water partition coefficient (Wildman–Crippen LogP) is 2.25. The van der Waals surface area contributed by atoms with Gasteiger partial charge in [0.1, 0.15) is 0 Å². The van der Waals surface area contributed by atoms with Crippen LogP contribution in [0.1, 0.15) is 11.1 Å². The predicted molar refractivity (Wildman–Crippen MR) is 62.5 cm³/mol. The number of benzene rings is 1. The lowest BCUT2D eigenvalue weighted by molar-refractivity contribution is 0.559. The molecule has 0 spiro atoms. The lowest BCUT2D eigenvalue weighted by atomic mass is 10.1. The first kappa shape index (κ1) is 11.0. The molecule has 0 aliphatic carbocycles. The molecule has 0 amide bonds. The van der Waals surface area contributed by atoms with Crippen molar-refractivity contribution < 1.29 is 8.76 Å². The highest BCUT2D eigenvalue weighted by molar-refractivity contribution is 7.79. The number of nitrogens with zero attached hydrogens (tertiary/aromatic N) is 1. The maximum Gasteiger partial charge on any atom is 0.205 e. The molecule has 0 fully saturated rings. The average Bonchev–Trinajstić information content (AvgIpc) is 2.31. The Hall–Kier alpha value is -1.52. The molecule has 82 valence electrons. The summed E-state index contributed by atoms with van der Waals surface area (Å²) < 4.78 is 20.2. The van der Waals surface area contributed by atoms with E-state index in [9.17, 15) is 4.21 Å². The lowest BCUT2D eigenvalue weighted by Gasteiger charge is -2.04. The fourth-order valence-electron chi connectivity index (χ4n) is 1.53. The molecule has 3 nitrogen and oxygen atoms in total. The Morgan fingerprint density at radius 2 is 1.88 bits per heavy atom. The van der Waals surface area contributed by atoms with Gasteiger partial charge >= 0.3 is 0 Å². The first-order chi connectivity index (χ1) is 7.77. The van der Waals surface area contributed by atoms with Crippen LogP contribution in [0.25, 0.3) is 0 Å². The van der Waals surface area contributed by atoms with Crippen LogP contribution >= 0.6 is 0 Å². The van der Waals surface area contributed by atoms with E-state index in [1.165, 1.54) is 6.20 Å². The third kappa shape index (κ3) is 2.53. The van der Waals surface area contributed by atoms with Gasteiger partial charge in [-0.1, -0.05) is 36.4 Å². The van der Waals surface area contributed by atoms with Gasteiger partial charge < -0.3 is 4.55 Å². The largest absolute Gasteiger partial charge is 0.301 e. The fraction of sp³-hybridized carbons (Fsp3) is 0.0833. The molecular formula is C12H11NO2S. The standard InChI is InChI=1S/C12H11NO2S/c14-16(15)12-11(7-4-8-13-12)9-10-5-2-1-3-6-10/h1-8H,9H2,(H,14,15). The molecule has 16 heavy (non-hydrogen) atoms. The molecule has 1 heterocycles. The Bertz CT molecular complexity index is 499. The van der Waals surface area contributed by atoms with Gasteiger partial charge in [-0.2, -0.15) is 0 Å². The van der Waals surface area contributed by atoms with Gasteiger partial charge in [0.2, 0.25) is 11.1 Å². The zero-order valence-electron chi connectivity index (χ0n) is 8.54. The van der Waals surface area contributed by atoms with Gasteiger partial charge in [-0.15, -0.1) is 0 Å². The van der Waals surface area contributed by atoms with Gasteiger partial charge in [0.25, 0.3) is 0 Å². The summed E-state index contributed by atoms with van der Waals surface area (Å²) in [6.45, 7) is 0. The van der Waals surface area contributed by atoms with Gasteiger partial charge in [0, 0.05) is 12.6 Å². The van der Waals surface area contributed by atoms with E-state index in [2.05, 4.69) is 4.98 Å². The normalized spacial score (nSPS) is 12.3. The van der Waals surface area contributed by atoms with Gasteiger partial charge in [0.15, 0.2) is 5.03 Å². The first-order valence-corrected chi connectivity index (χ1v) is 5.97.